The van der Waals surface area contributed by atoms with Crippen molar-refractivity contribution in [2.45, 2.75) is 50.5 Å². The number of nitrogens with zero attached hydrogens (tertiary/aromatic N) is 3. The zero-order chi connectivity index (χ0) is 26.3. The predicted octanol–water partition coefficient (Wildman–Crippen LogP) is 7.03. The molecule has 0 bridgehead atoms. The molecular weight excluding hydrogens is 494 g/mol. The van der Waals surface area contributed by atoms with Gasteiger partial charge in [0.1, 0.15) is 5.82 Å². The van der Waals surface area contributed by atoms with Crippen LogP contribution in [0, 0.1) is 5.82 Å². The van der Waals surface area contributed by atoms with Crippen LogP contribution in [-0.2, 0) is 29.5 Å². The lowest BCUT2D eigenvalue weighted by atomic mass is 9.84. The molecule has 6 rings (SSSR count). The Hall–Kier alpha value is -3.23. The van der Waals surface area contributed by atoms with E-state index in [9.17, 15) is 17.6 Å². The van der Waals surface area contributed by atoms with Gasteiger partial charge in [-0.25, -0.2) is 9.07 Å². The van der Waals surface area contributed by atoms with Gasteiger partial charge in [-0.3, -0.25) is 0 Å². The number of unbranched alkanes of at least 4 members (excludes halogenated alkanes) is 1. The Kier molecular flexibility index (Phi) is 6.48. The Morgan fingerprint density at radius 1 is 0.921 bits per heavy atom. The van der Waals surface area contributed by atoms with Crippen LogP contribution in [0.25, 0.3) is 16.6 Å². The standard InChI is InChI=1S/C30H29F4N3O/c31-23-9-11-24(12-10-23)37-28-13-8-22(30(32,33)34)19-25(28)27(35-37)7-3-4-16-36-17-14-29(15-18-36)26-6-2-1-5-21(26)20-38-29/h1-2,5-6,8-13,19H,3-4,7,14-18,20H2. The predicted molar refractivity (Wildman–Crippen MR) is 138 cm³/mol. The molecule has 2 aliphatic heterocycles. The van der Waals surface area contributed by atoms with Crippen molar-refractivity contribution in [1.82, 2.24) is 14.7 Å². The Morgan fingerprint density at radius 3 is 2.45 bits per heavy atom. The molecule has 4 nitrogen and oxygen atoms in total. The summed E-state index contributed by atoms with van der Waals surface area (Å²) < 4.78 is 61.6. The first-order valence-corrected chi connectivity index (χ1v) is 13.1. The molecule has 0 aliphatic carbocycles. The molecule has 0 N–H and O–H groups in total. The van der Waals surface area contributed by atoms with E-state index < -0.39 is 11.7 Å². The van der Waals surface area contributed by atoms with Gasteiger partial charge in [-0.05, 0) is 92.2 Å². The Labute approximate surface area is 218 Å². The van der Waals surface area contributed by atoms with Gasteiger partial charge in [-0.15, -0.1) is 0 Å². The van der Waals surface area contributed by atoms with Gasteiger partial charge in [0.15, 0.2) is 0 Å². The van der Waals surface area contributed by atoms with E-state index in [4.69, 9.17) is 4.74 Å². The molecule has 1 spiro atoms. The van der Waals surface area contributed by atoms with E-state index in [1.165, 1.54) is 35.4 Å². The number of hydrogen-bond donors (Lipinski definition) is 0. The number of alkyl halides is 3. The second-order valence-electron chi connectivity index (χ2n) is 10.3. The van der Waals surface area contributed by atoms with Crippen LogP contribution in [0.4, 0.5) is 17.6 Å². The summed E-state index contributed by atoms with van der Waals surface area (Å²) in [6.07, 6.45) is -0.187. The van der Waals surface area contributed by atoms with E-state index in [0.29, 0.717) is 35.3 Å². The lowest BCUT2D eigenvalue weighted by molar-refractivity contribution is -0.137. The molecule has 0 unspecified atom stereocenters. The molecule has 3 heterocycles. The number of fused-ring (bicyclic) bond motifs is 3. The highest BCUT2D eigenvalue weighted by atomic mass is 19.4. The van der Waals surface area contributed by atoms with E-state index in [-0.39, 0.29) is 11.4 Å². The first kappa shape index (κ1) is 25.1. The lowest BCUT2D eigenvalue weighted by Gasteiger charge is -2.39. The highest BCUT2D eigenvalue weighted by Gasteiger charge is 2.42. The van der Waals surface area contributed by atoms with E-state index in [1.54, 1.807) is 16.8 Å². The van der Waals surface area contributed by atoms with Crippen molar-refractivity contribution in [2.24, 2.45) is 0 Å². The quantitative estimate of drug-likeness (QED) is 0.201. The fraction of sp³-hybridized carbons (Fsp3) is 0.367. The third-order valence-corrected chi connectivity index (χ3v) is 7.97. The van der Waals surface area contributed by atoms with Crippen LogP contribution >= 0.6 is 0 Å². The highest BCUT2D eigenvalue weighted by Crippen LogP contribution is 2.44. The zero-order valence-electron chi connectivity index (χ0n) is 21.0. The van der Waals surface area contributed by atoms with E-state index >= 15 is 0 Å². The molecule has 1 fully saturated rings. The Bertz CT molecular complexity index is 1440. The number of hydrogen-bond acceptors (Lipinski definition) is 3. The van der Waals surface area contributed by atoms with Gasteiger partial charge in [-0.1, -0.05) is 24.3 Å². The fourth-order valence-electron chi connectivity index (χ4n) is 5.88. The van der Waals surface area contributed by atoms with E-state index in [2.05, 4.69) is 34.3 Å². The molecule has 0 amide bonds. The molecule has 1 aromatic heterocycles. The van der Waals surface area contributed by atoms with E-state index in [1.807, 2.05) is 0 Å². The van der Waals surface area contributed by atoms with Crippen LogP contribution in [0.3, 0.4) is 0 Å². The van der Waals surface area contributed by atoms with Crippen molar-refractivity contribution in [3.8, 4) is 5.69 Å². The zero-order valence-corrected chi connectivity index (χ0v) is 21.0. The number of rotatable bonds is 6. The molecule has 198 valence electrons. The molecule has 1 saturated heterocycles. The Morgan fingerprint density at radius 2 is 1.68 bits per heavy atom. The molecule has 3 aromatic carbocycles. The summed E-state index contributed by atoms with van der Waals surface area (Å²) in [4.78, 5) is 2.45. The van der Waals surface area contributed by atoms with Crippen molar-refractivity contribution in [3.63, 3.8) is 0 Å². The van der Waals surface area contributed by atoms with Crippen molar-refractivity contribution < 1.29 is 22.3 Å². The summed E-state index contributed by atoms with van der Waals surface area (Å²) in [5.74, 6) is -0.378. The number of piperidine rings is 1. The number of aromatic nitrogens is 2. The van der Waals surface area contributed by atoms with Gasteiger partial charge in [0.25, 0.3) is 0 Å². The molecule has 8 heteroatoms. The minimum absolute atomic E-state index is 0.157. The molecule has 2 aliphatic rings. The normalized spacial score (nSPS) is 17.4. The van der Waals surface area contributed by atoms with Crippen LogP contribution in [0.1, 0.15) is 48.1 Å². The van der Waals surface area contributed by atoms with Crippen LogP contribution in [0.5, 0.6) is 0 Å². The number of aryl methyl sites for hydroxylation is 1. The second kappa shape index (κ2) is 9.82. The number of ether oxygens (including phenoxy) is 1. The molecule has 38 heavy (non-hydrogen) atoms. The van der Waals surface area contributed by atoms with Crippen molar-refractivity contribution in [3.05, 3.63) is 94.9 Å². The monoisotopic (exact) mass is 523 g/mol. The first-order valence-electron chi connectivity index (χ1n) is 13.1. The fourth-order valence-corrected chi connectivity index (χ4v) is 5.88. The first-order chi connectivity index (χ1) is 18.3. The molecule has 0 atom stereocenters. The second-order valence-corrected chi connectivity index (χ2v) is 10.3. The largest absolute Gasteiger partial charge is 0.416 e. The topological polar surface area (TPSA) is 30.3 Å². The maximum Gasteiger partial charge on any atom is 0.416 e. The van der Waals surface area contributed by atoms with Gasteiger partial charge in [0.2, 0.25) is 0 Å². The van der Waals surface area contributed by atoms with Gasteiger partial charge >= 0.3 is 6.18 Å². The van der Waals surface area contributed by atoms with E-state index in [0.717, 1.165) is 51.4 Å². The van der Waals surface area contributed by atoms with Gasteiger partial charge in [-0.2, -0.15) is 18.3 Å². The minimum Gasteiger partial charge on any atom is -0.365 e. The number of halogens is 4. The summed E-state index contributed by atoms with van der Waals surface area (Å²) in [5, 5.41) is 5.15. The van der Waals surface area contributed by atoms with Gasteiger partial charge < -0.3 is 9.64 Å². The average Bonchev–Trinajstić information content (AvgIpc) is 3.46. The maximum atomic E-state index is 13.5. The van der Waals surface area contributed by atoms with Crippen molar-refractivity contribution in [1.29, 1.82) is 0 Å². The van der Waals surface area contributed by atoms with Crippen molar-refractivity contribution in [2.75, 3.05) is 19.6 Å². The summed E-state index contributed by atoms with van der Waals surface area (Å²) in [5.41, 5.74) is 3.60. The summed E-state index contributed by atoms with van der Waals surface area (Å²) >= 11 is 0. The summed E-state index contributed by atoms with van der Waals surface area (Å²) in [7, 11) is 0. The van der Waals surface area contributed by atoms with Gasteiger partial charge in [0, 0.05) is 18.5 Å². The number of benzene rings is 3. The van der Waals surface area contributed by atoms with Crippen LogP contribution in [0.15, 0.2) is 66.7 Å². The maximum absolute atomic E-state index is 13.5. The SMILES string of the molecule is Fc1ccc(-n2nc(CCCCN3CCC4(CC3)OCc3ccccc34)c3cc(C(F)(F)F)ccc32)cc1. The third-order valence-electron chi connectivity index (χ3n) is 7.97. The summed E-state index contributed by atoms with van der Waals surface area (Å²) in [6, 6.07) is 18.0. The Balaban J connectivity index is 1.12. The highest BCUT2D eigenvalue weighted by molar-refractivity contribution is 5.84. The molecule has 0 saturated carbocycles. The minimum atomic E-state index is -4.43. The van der Waals surface area contributed by atoms with Crippen LogP contribution < -0.4 is 0 Å². The molecule has 4 aromatic rings. The lowest BCUT2D eigenvalue weighted by Crippen LogP contribution is -2.42. The summed E-state index contributed by atoms with van der Waals surface area (Å²) in [6.45, 7) is 3.55. The third kappa shape index (κ3) is 4.71. The van der Waals surface area contributed by atoms with Crippen LogP contribution in [0.2, 0.25) is 0 Å². The van der Waals surface area contributed by atoms with Gasteiger partial charge in [0.05, 0.1) is 34.7 Å². The smallest absolute Gasteiger partial charge is 0.365 e. The van der Waals surface area contributed by atoms with Crippen LogP contribution in [-0.4, -0.2) is 34.3 Å². The number of likely N-dealkylation sites (tertiary alicyclic amines) is 1. The molecular formula is C30H29F4N3O. The molecule has 0 radical (unpaired) electrons. The van der Waals surface area contributed by atoms with Crippen molar-refractivity contribution >= 4 is 10.9 Å². The average molecular weight is 524 g/mol.